The Morgan fingerprint density at radius 3 is 2.36 bits per heavy atom. The maximum atomic E-state index is 13.2. The lowest BCUT2D eigenvalue weighted by atomic mass is 10.0. The van der Waals surface area contributed by atoms with Gasteiger partial charge >= 0.3 is 12.1 Å². The van der Waals surface area contributed by atoms with Crippen molar-refractivity contribution >= 4 is 23.3 Å². The molecule has 0 spiro atoms. The molecular weight excluding hydrogens is 461 g/mol. The fourth-order valence-electron chi connectivity index (χ4n) is 2.82. The minimum absolute atomic E-state index is 0.0301. The summed E-state index contributed by atoms with van der Waals surface area (Å²) in [6.07, 6.45) is -2.95. The molecule has 1 aromatic heterocycles. The summed E-state index contributed by atoms with van der Waals surface area (Å²) < 4.78 is 51.0. The predicted octanol–water partition coefficient (Wildman–Crippen LogP) is 5.43. The Hall–Kier alpha value is -3.25. The SMILES string of the molecule is COc1cn(C(=CC(C)C(F)(F)F)C(=O)OC(C)(C)C)c(=O)cc1-c1cc(Cl)ccc1C#N. The number of alkyl halides is 3. The average Bonchev–Trinajstić information content (AvgIpc) is 2.69. The van der Waals surface area contributed by atoms with Crippen LogP contribution in [0.15, 0.2) is 41.3 Å². The summed E-state index contributed by atoms with van der Waals surface area (Å²) in [5, 5.41) is 9.70. The number of halogens is 4. The number of nitrogens with zero attached hydrogens (tertiary/aromatic N) is 2. The highest BCUT2D eigenvalue weighted by atomic mass is 35.5. The van der Waals surface area contributed by atoms with Crippen molar-refractivity contribution in [2.24, 2.45) is 5.92 Å². The molecule has 0 aliphatic rings. The quantitative estimate of drug-likeness (QED) is 0.419. The second-order valence-corrected chi connectivity index (χ2v) is 8.59. The van der Waals surface area contributed by atoms with E-state index in [2.05, 4.69) is 0 Å². The molecule has 0 radical (unpaired) electrons. The molecular formula is C23H22ClF3N2O4. The normalized spacial score (nSPS) is 13.3. The van der Waals surface area contributed by atoms with Crippen LogP contribution in [0.1, 0.15) is 33.3 Å². The molecule has 0 aliphatic heterocycles. The van der Waals surface area contributed by atoms with Gasteiger partial charge in [0.1, 0.15) is 17.0 Å². The van der Waals surface area contributed by atoms with Crippen LogP contribution in [-0.2, 0) is 9.53 Å². The van der Waals surface area contributed by atoms with Crippen molar-refractivity contribution < 1.29 is 27.4 Å². The lowest BCUT2D eigenvalue weighted by Crippen LogP contribution is -2.31. The van der Waals surface area contributed by atoms with Crippen molar-refractivity contribution in [3.8, 4) is 22.9 Å². The van der Waals surface area contributed by atoms with E-state index >= 15 is 0 Å². The zero-order chi connectivity index (χ0) is 25.1. The average molecular weight is 483 g/mol. The number of hydrogen-bond donors (Lipinski definition) is 0. The van der Waals surface area contributed by atoms with Crippen molar-refractivity contribution in [3.05, 3.63) is 57.5 Å². The Morgan fingerprint density at radius 2 is 1.85 bits per heavy atom. The lowest BCUT2D eigenvalue weighted by Gasteiger charge is -2.23. The molecule has 1 heterocycles. The number of esters is 1. The largest absolute Gasteiger partial charge is 0.495 e. The summed E-state index contributed by atoms with van der Waals surface area (Å²) in [6.45, 7) is 5.49. The first-order valence-corrected chi connectivity index (χ1v) is 10.1. The van der Waals surface area contributed by atoms with E-state index in [4.69, 9.17) is 21.1 Å². The van der Waals surface area contributed by atoms with E-state index in [9.17, 15) is 28.0 Å². The van der Waals surface area contributed by atoms with Crippen LogP contribution < -0.4 is 10.3 Å². The van der Waals surface area contributed by atoms with Crippen LogP contribution in [0.5, 0.6) is 5.75 Å². The number of nitriles is 1. The number of allylic oxidation sites excluding steroid dienone is 1. The summed E-state index contributed by atoms with van der Waals surface area (Å²) in [6, 6.07) is 7.45. The second-order valence-electron chi connectivity index (χ2n) is 8.15. The van der Waals surface area contributed by atoms with E-state index in [1.54, 1.807) is 20.8 Å². The van der Waals surface area contributed by atoms with Crippen LogP contribution in [0.4, 0.5) is 13.2 Å². The molecule has 0 saturated heterocycles. The third kappa shape index (κ3) is 6.39. The first-order chi connectivity index (χ1) is 15.2. The molecule has 0 fully saturated rings. The van der Waals surface area contributed by atoms with Crippen LogP contribution in [0.3, 0.4) is 0 Å². The predicted molar refractivity (Wildman–Crippen MR) is 118 cm³/mol. The first kappa shape index (κ1) is 26.0. The molecule has 10 heteroatoms. The van der Waals surface area contributed by atoms with E-state index in [0.29, 0.717) is 11.1 Å². The van der Waals surface area contributed by atoms with Crippen molar-refractivity contribution in [1.82, 2.24) is 4.57 Å². The molecule has 6 nitrogen and oxygen atoms in total. The Labute approximate surface area is 193 Å². The molecule has 1 aromatic carbocycles. The van der Waals surface area contributed by atoms with Crippen molar-refractivity contribution in [2.45, 2.75) is 39.5 Å². The molecule has 1 atom stereocenters. The summed E-state index contributed by atoms with van der Waals surface area (Å²) in [5.74, 6) is -3.13. The third-order valence-corrected chi connectivity index (χ3v) is 4.66. The molecule has 0 saturated carbocycles. The molecule has 2 rings (SSSR count). The number of aromatic nitrogens is 1. The minimum atomic E-state index is -4.65. The zero-order valence-electron chi connectivity index (χ0n) is 18.6. The summed E-state index contributed by atoms with van der Waals surface area (Å²) in [7, 11) is 1.28. The number of pyridine rings is 1. The molecule has 0 amide bonds. The molecule has 2 aromatic rings. The van der Waals surface area contributed by atoms with Crippen LogP contribution >= 0.6 is 11.6 Å². The lowest BCUT2D eigenvalue weighted by molar-refractivity contribution is -0.156. The van der Waals surface area contributed by atoms with Gasteiger partial charge in [0.2, 0.25) is 0 Å². The molecule has 1 unspecified atom stereocenters. The summed E-state index contributed by atoms with van der Waals surface area (Å²) in [5.41, 5.74) is -1.79. The maximum Gasteiger partial charge on any atom is 0.394 e. The van der Waals surface area contributed by atoms with E-state index < -0.39 is 34.9 Å². The van der Waals surface area contributed by atoms with Gasteiger partial charge in [-0.15, -0.1) is 0 Å². The molecule has 0 aliphatic carbocycles. The van der Waals surface area contributed by atoms with Gasteiger partial charge in [-0.05, 0) is 45.0 Å². The monoisotopic (exact) mass is 482 g/mol. The van der Waals surface area contributed by atoms with Gasteiger partial charge < -0.3 is 9.47 Å². The van der Waals surface area contributed by atoms with Crippen molar-refractivity contribution in [1.29, 1.82) is 5.26 Å². The van der Waals surface area contributed by atoms with Gasteiger partial charge in [-0.3, -0.25) is 9.36 Å². The minimum Gasteiger partial charge on any atom is -0.495 e. The van der Waals surface area contributed by atoms with Gasteiger partial charge in [0, 0.05) is 22.2 Å². The standard InChI is InChI=1S/C23H22ClF3N2O4/c1-13(23(25,26)27)8-18(21(31)33-22(2,3)4)29-12-19(32-5)17(10-20(29)30)16-9-15(24)7-6-14(16)11-28/h6-10,12-13H,1-5H3. The smallest absolute Gasteiger partial charge is 0.394 e. The Bertz CT molecular complexity index is 1190. The molecule has 33 heavy (non-hydrogen) atoms. The Kier molecular flexibility index (Phi) is 7.65. The number of carbonyl (C=O) groups excluding carboxylic acids is 1. The van der Waals surface area contributed by atoms with Gasteiger partial charge in [0.25, 0.3) is 5.56 Å². The fourth-order valence-corrected chi connectivity index (χ4v) is 2.99. The second kappa shape index (κ2) is 9.71. The summed E-state index contributed by atoms with van der Waals surface area (Å²) >= 11 is 6.03. The van der Waals surface area contributed by atoms with Gasteiger partial charge in [-0.25, -0.2) is 4.79 Å². The van der Waals surface area contributed by atoms with Gasteiger partial charge in [0.15, 0.2) is 0 Å². The highest BCUT2D eigenvalue weighted by Crippen LogP contribution is 2.34. The molecule has 0 N–H and O–H groups in total. The number of carbonyl (C=O) groups is 1. The van der Waals surface area contributed by atoms with Gasteiger partial charge in [0.05, 0.1) is 30.9 Å². The Balaban J connectivity index is 2.78. The molecule has 0 bridgehead atoms. The van der Waals surface area contributed by atoms with Crippen LogP contribution in [0.2, 0.25) is 5.02 Å². The van der Waals surface area contributed by atoms with Crippen LogP contribution in [0.25, 0.3) is 16.8 Å². The third-order valence-electron chi connectivity index (χ3n) is 4.42. The number of benzene rings is 1. The molecule has 176 valence electrons. The van der Waals surface area contributed by atoms with Crippen LogP contribution in [0, 0.1) is 17.2 Å². The number of rotatable bonds is 5. The maximum absolute atomic E-state index is 13.2. The van der Waals surface area contributed by atoms with E-state index in [0.717, 1.165) is 23.8 Å². The van der Waals surface area contributed by atoms with E-state index in [-0.39, 0.29) is 22.4 Å². The Morgan fingerprint density at radius 1 is 1.21 bits per heavy atom. The highest BCUT2D eigenvalue weighted by Gasteiger charge is 2.36. The van der Waals surface area contributed by atoms with Gasteiger partial charge in [-0.1, -0.05) is 18.5 Å². The van der Waals surface area contributed by atoms with E-state index in [1.165, 1.54) is 25.3 Å². The number of ether oxygens (including phenoxy) is 2. The zero-order valence-corrected chi connectivity index (χ0v) is 19.3. The fraction of sp³-hybridized carbons (Fsp3) is 0.348. The summed E-state index contributed by atoms with van der Waals surface area (Å²) in [4.78, 5) is 25.7. The topological polar surface area (TPSA) is 81.3 Å². The van der Waals surface area contributed by atoms with Gasteiger partial charge in [-0.2, -0.15) is 18.4 Å². The first-order valence-electron chi connectivity index (χ1n) is 9.71. The number of methoxy groups -OCH3 is 1. The highest BCUT2D eigenvalue weighted by molar-refractivity contribution is 6.31. The van der Waals surface area contributed by atoms with E-state index in [1.807, 2.05) is 6.07 Å². The number of hydrogen-bond acceptors (Lipinski definition) is 5. The van der Waals surface area contributed by atoms with Crippen molar-refractivity contribution in [3.63, 3.8) is 0 Å². The van der Waals surface area contributed by atoms with Crippen molar-refractivity contribution in [2.75, 3.05) is 7.11 Å². The van der Waals surface area contributed by atoms with Crippen LogP contribution in [-0.4, -0.2) is 29.4 Å².